The molecule has 0 aliphatic carbocycles. The van der Waals surface area contributed by atoms with Crippen LogP contribution in [0, 0.1) is 0 Å². The maximum absolute atomic E-state index is 12.0. The van der Waals surface area contributed by atoms with Crippen LogP contribution in [0.25, 0.3) is 0 Å². The molecule has 0 fully saturated rings. The van der Waals surface area contributed by atoms with E-state index in [1.54, 1.807) is 12.1 Å². The Labute approximate surface area is 117 Å². The van der Waals surface area contributed by atoms with Crippen LogP contribution in [0.3, 0.4) is 0 Å². The molecular formula is C13H18N2O3S. The summed E-state index contributed by atoms with van der Waals surface area (Å²) in [5.74, 6) is -0.0228. The number of phenolic OH excluding ortho intramolecular Hbond substituents is 1. The Balaban J connectivity index is 2.77. The van der Waals surface area contributed by atoms with Crippen molar-refractivity contribution in [3.05, 3.63) is 23.8 Å². The Morgan fingerprint density at radius 3 is 2.74 bits per heavy atom. The highest BCUT2D eigenvalue weighted by Gasteiger charge is 2.14. The van der Waals surface area contributed by atoms with E-state index in [2.05, 4.69) is 5.32 Å². The molecule has 1 aromatic rings. The van der Waals surface area contributed by atoms with Crippen LogP contribution in [-0.2, 0) is 0 Å². The molecule has 19 heavy (non-hydrogen) atoms. The Kier molecular flexibility index (Phi) is 5.57. The van der Waals surface area contributed by atoms with E-state index in [0.717, 1.165) is 6.42 Å². The van der Waals surface area contributed by atoms with Crippen LogP contribution >= 0.6 is 12.2 Å². The minimum atomic E-state index is -0.277. The minimum Gasteiger partial charge on any atom is -0.504 e. The number of benzene rings is 1. The topological polar surface area (TPSA) is 84.6 Å². The van der Waals surface area contributed by atoms with Gasteiger partial charge in [0.15, 0.2) is 11.5 Å². The van der Waals surface area contributed by atoms with Crippen molar-refractivity contribution in [1.29, 1.82) is 0 Å². The SMILES string of the molecule is CCC(CC(N)=S)NC(=O)c1ccc(OC)c(O)c1. The first kappa shape index (κ1) is 15.2. The molecule has 0 radical (unpaired) electrons. The van der Waals surface area contributed by atoms with E-state index in [1.165, 1.54) is 13.2 Å². The van der Waals surface area contributed by atoms with Gasteiger partial charge in [-0.3, -0.25) is 4.79 Å². The molecule has 6 heteroatoms. The first-order valence-corrected chi connectivity index (χ1v) is 6.35. The predicted molar refractivity (Wildman–Crippen MR) is 77.6 cm³/mol. The highest BCUT2D eigenvalue weighted by atomic mass is 32.1. The summed E-state index contributed by atoms with van der Waals surface area (Å²) < 4.78 is 4.92. The molecular weight excluding hydrogens is 264 g/mol. The molecule has 5 nitrogen and oxygen atoms in total. The van der Waals surface area contributed by atoms with Gasteiger partial charge in [0.25, 0.3) is 5.91 Å². The highest BCUT2D eigenvalue weighted by molar-refractivity contribution is 7.80. The van der Waals surface area contributed by atoms with Crippen LogP contribution in [0.5, 0.6) is 11.5 Å². The molecule has 1 unspecified atom stereocenters. The normalized spacial score (nSPS) is 11.7. The van der Waals surface area contributed by atoms with Gasteiger partial charge in [-0.25, -0.2) is 0 Å². The number of hydrogen-bond donors (Lipinski definition) is 3. The lowest BCUT2D eigenvalue weighted by Gasteiger charge is -2.16. The fourth-order valence-corrected chi connectivity index (χ4v) is 1.84. The summed E-state index contributed by atoms with van der Waals surface area (Å²) >= 11 is 4.83. The number of thiocarbonyl (C=S) groups is 1. The van der Waals surface area contributed by atoms with Crippen LogP contribution in [-0.4, -0.2) is 29.2 Å². The van der Waals surface area contributed by atoms with Crippen LogP contribution in [0.1, 0.15) is 30.1 Å². The van der Waals surface area contributed by atoms with Gasteiger partial charge in [0.1, 0.15) is 0 Å². The Morgan fingerprint density at radius 1 is 1.58 bits per heavy atom. The second-order valence-electron chi connectivity index (χ2n) is 4.14. The first-order chi connectivity index (χ1) is 8.97. The van der Waals surface area contributed by atoms with E-state index in [1.807, 2.05) is 6.92 Å². The maximum atomic E-state index is 12.0. The number of rotatable bonds is 6. The maximum Gasteiger partial charge on any atom is 0.251 e. The van der Waals surface area contributed by atoms with Gasteiger partial charge in [-0.05, 0) is 24.6 Å². The summed E-state index contributed by atoms with van der Waals surface area (Å²) in [6, 6.07) is 4.39. The first-order valence-electron chi connectivity index (χ1n) is 5.94. The summed E-state index contributed by atoms with van der Waals surface area (Å²) in [6.45, 7) is 1.94. The number of methoxy groups -OCH3 is 1. The van der Waals surface area contributed by atoms with Crippen LogP contribution in [0.4, 0.5) is 0 Å². The zero-order chi connectivity index (χ0) is 14.4. The van der Waals surface area contributed by atoms with Gasteiger partial charge in [-0.2, -0.15) is 0 Å². The Hall–Kier alpha value is -1.82. The molecule has 0 spiro atoms. The number of ether oxygens (including phenoxy) is 1. The van der Waals surface area contributed by atoms with Gasteiger partial charge < -0.3 is 20.9 Å². The van der Waals surface area contributed by atoms with Crippen molar-refractivity contribution in [1.82, 2.24) is 5.32 Å². The molecule has 0 bridgehead atoms. The molecule has 1 rings (SSSR count). The van der Waals surface area contributed by atoms with Crippen molar-refractivity contribution in [2.24, 2.45) is 5.73 Å². The van der Waals surface area contributed by atoms with Crippen molar-refractivity contribution in [2.75, 3.05) is 7.11 Å². The number of aromatic hydroxyl groups is 1. The number of nitrogens with two attached hydrogens (primary N) is 1. The molecule has 0 aliphatic rings. The summed E-state index contributed by atoms with van der Waals surface area (Å²) in [4.78, 5) is 12.4. The average Bonchev–Trinajstić information content (AvgIpc) is 2.37. The Morgan fingerprint density at radius 2 is 2.26 bits per heavy atom. The molecule has 1 aromatic carbocycles. The number of amides is 1. The van der Waals surface area contributed by atoms with Gasteiger partial charge in [0, 0.05) is 18.0 Å². The fourth-order valence-electron chi connectivity index (χ4n) is 1.64. The monoisotopic (exact) mass is 282 g/mol. The predicted octanol–water partition coefficient (Wildman–Crippen LogP) is 1.59. The van der Waals surface area contributed by atoms with Gasteiger partial charge in [-0.15, -0.1) is 0 Å². The highest BCUT2D eigenvalue weighted by Crippen LogP contribution is 2.26. The van der Waals surface area contributed by atoms with E-state index in [0.29, 0.717) is 22.7 Å². The number of nitrogens with one attached hydrogen (secondary N) is 1. The zero-order valence-corrected chi connectivity index (χ0v) is 11.8. The quantitative estimate of drug-likeness (QED) is 0.690. The average molecular weight is 282 g/mol. The van der Waals surface area contributed by atoms with Crippen molar-refractivity contribution in [3.63, 3.8) is 0 Å². The molecule has 0 aromatic heterocycles. The van der Waals surface area contributed by atoms with E-state index >= 15 is 0 Å². The Bertz CT molecular complexity index is 477. The van der Waals surface area contributed by atoms with Crippen LogP contribution < -0.4 is 15.8 Å². The second kappa shape index (κ2) is 6.94. The third kappa shape index (κ3) is 4.40. The summed E-state index contributed by atoms with van der Waals surface area (Å²) in [7, 11) is 1.45. The third-order valence-corrected chi connectivity index (χ3v) is 2.88. The largest absolute Gasteiger partial charge is 0.504 e. The van der Waals surface area contributed by atoms with Gasteiger partial charge in [0.2, 0.25) is 0 Å². The molecule has 0 heterocycles. The van der Waals surface area contributed by atoms with E-state index in [-0.39, 0.29) is 17.7 Å². The fraction of sp³-hybridized carbons (Fsp3) is 0.385. The summed E-state index contributed by atoms with van der Waals surface area (Å²) in [6.07, 6.45) is 1.19. The van der Waals surface area contributed by atoms with Crippen molar-refractivity contribution >= 4 is 23.1 Å². The molecule has 1 amide bonds. The molecule has 1 atom stereocenters. The number of hydrogen-bond acceptors (Lipinski definition) is 4. The standard InChI is InChI=1S/C13H18N2O3S/c1-3-9(7-12(14)19)15-13(17)8-4-5-11(18-2)10(16)6-8/h4-6,9,16H,3,7H2,1-2H3,(H2,14,19)(H,15,17). The second-order valence-corrected chi connectivity index (χ2v) is 4.66. The lowest BCUT2D eigenvalue weighted by atomic mass is 10.1. The molecule has 0 aliphatic heterocycles. The van der Waals surface area contributed by atoms with Crippen molar-refractivity contribution < 1.29 is 14.6 Å². The van der Waals surface area contributed by atoms with E-state index in [9.17, 15) is 9.90 Å². The van der Waals surface area contributed by atoms with Crippen LogP contribution in [0.15, 0.2) is 18.2 Å². The van der Waals surface area contributed by atoms with E-state index < -0.39 is 0 Å². The molecule has 4 N–H and O–H groups in total. The molecule has 104 valence electrons. The van der Waals surface area contributed by atoms with Crippen LogP contribution in [0.2, 0.25) is 0 Å². The molecule has 0 saturated heterocycles. The number of phenols is 1. The van der Waals surface area contributed by atoms with Crippen molar-refractivity contribution in [3.8, 4) is 11.5 Å². The number of carbonyl (C=O) groups excluding carboxylic acids is 1. The minimum absolute atomic E-state index is 0.0717. The van der Waals surface area contributed by atoms with Gasteiger partial charge in [-0.1, -0.05) is 19.1 Å². The lowest BCUT2D eigenvalue weighted by molar-refractivity contribution is 0.0936. The smallest absolute Gasteiger partial charge is 0.251 e. The van der Waals surface area contributed by atoms with Gasteiger partial charge >= 0.3 is 0 Å². The third-order valence-electron chi connectivity index (χ3n) is 2.72. The summed E-state index contributed by atoms with van der Waals surface area (Å²) in [5, 5.41) is 12.5. The lowest BCUT2D eigenvalue weighted by Crippen LogP contribution is -2.37. The van der Waals surface area contributed by atoms with Crippen molar-refractivity contribution in [2.45, 2.75) is 25.8 Å². The molecule has 0 saturated carbocycles. The van der Waals surface area contributed by atoms with Gasteiger partial charge in [0.05, 0.1) is 12.1 Å². The van der Waals surface area contributed by atoms with E-state index in [4.69, 9.17) is 22.7 Å². The number of carbonyl (C=O) groups is 1. The summed E-state index contributed by atoms with van der Waals surface area (Å²) in [5.41, 5.74) is 5.83. The zero-order valence-electron chi connectivity index (χ0n) is 11.0.